The second-order valence-electron chi connectivity index (χ2n) is 3.12. The topological polar surface area (TPSA) is 38.9 Å². The quantitative estimate of drug-likeness (QED) is 0.845. The zero-order valence-corrected chi connectivity index (χ0v) is 9.08. The molecule has 3 heteroatoms. The first-order valence-electron chi connectivity index (χ1n) is 4.60. The number of hydrogen-bond donors (Lipinski definition) is 1. The minimum absolute atomic E-state index is 0. The minimum atomic E-state index is 0. The van der Waals surface area contributed by atoms with Crippen LogP contribution in [0.1, 0.15) is 5.56 Å². The summed E-state index contributed by atoms with van der Waals surface area (Å²) in [6.07, 6.45) is 1.82. The Balaban J connectivity index is 0.00000112. The average molecular weight is 221 g/mol. The Labute approximate surface area is 95.6 Å². The highest BCUT2D eigenvalue weighted by atomic mass is 35.5. The Morgan fingerprint density at radius 1 is 1.00 bits per heavy atom. The molecule has 0 saturated carbocycles. The third-order valence-electron chi connectivity index (χ3n) is 2.13. The van der Waals surface area contributed by atoms with Crippen molar-refractivity contribution in [2.24, 2.45) is 5.73 Å². The molecule has 1 aromatic carbocycles. The van der Waals surface area contributed by atoms with Crippen molar-refractivity contribution in [3.63, 3.8) is 0 Å². The van der Waals surface area contributed by atoms with Crippen molar-refractivity contribution in [2.45, 2.75) is 6.54 Å². The number of pyridine rings is 1. The normalized spacial score (nSPS) is 9.40. The lowest BCUT2D eigenvalue weighted by molar-refractivity contribution is 1.05. The molecule has 0 fully saturated rings. The summed E-state index contributed by atoms with van der Waals surface area (Å²) in [6.45, 7) is 0.544. The fourth-order valence-electron chi connectivity index (χ4n) is 1.32. The monoisotopic (exact) mass is 220 g/mol. The summed E-state index contributed by atoms with van der Waals surface area (Å²) in [5.41, 5.74) is 8.68. The van der Waals surface area contributed by atoms with E-state index in [1.54, 1.807) is 0 Å². The predicted octanol–water partition coefficient (Wildman–Crippen LogP) is 2.63. The van der Waals surface area contributed by atoms with Crippen molar-refractivity contribution < 1.29 is 0 Å². The molecule has 0 saturated heterocycles. The first kappa shape index (κ1) is 11.7. The SMILES string of the molecule is Cl.NCc1ccc(-c2ccccc2)nc1. The maximum absolute atomic E-state index is 5.50. The van der Waals surface area contributed by atoms with Crippen LogP contribution in [0.3, 0.4) is 0 Å². The summed E-state index contributed by atoms with van der Waals surface area (Å²) in [5.74, 6) is 0. The lowest BCUT2D eigenvalue weighted by atomic mass is 10.1. The molecular formula is C12H13ClN2. The second kappa shape index (κ2) is 5.49. The van der Waals surface area contributed by atoms with Gasteiger partial charge in [0, 0.05) is 18.3 Å². The van der Waals surface area contributed by atoms with Crippen molar-refractivity contribution in [1.29, 1.82) is 0 Å². The van der Waals surface area contributed by atoms with Crippen molar-refractivity contribution in [3.05, 3.63) is 54.2 Å². The summed E-state index contributed by atoms with van der Waals surface area (Å²) in [4.78, 5) is 4.34. The molecule has 15 heavy (non-hydrogen) atoms. The highest BCUT2D eigenvalue weighted by Gasteiger charge is 1.96. The van der Waals surface area contributed by atoms with E-state index < -0.39 is 0 Å². The largest absolute Gasteiger partial charge is 0.326 e. The zero-order chi connectivity index (χ0) is 9.80. The summed E-state index contributed by atoms with van der Waals surface area (Å²) >= 11 is 0. The average Bonchev–Trinajstić information content (AvgIpc) is 2.30. The number of hydrogen-bond acceptors (Lipinski definition) is 2. The van der Waals surface area contributed by atoms with Gasteiger partial charge in [0.1, 0.15) is 0 Å². The first-order chi connectivity index (χ1) is 6.90. The number of nitrogens with two attached hydrogens (primary N) is 1. The van der Waals surface area contributed by atoms with E-state index in [2.05, 4.69) is 4.98 Å². The lowest BCUT2D eigenvalue weighted by Gasteiger charge is -2.01. The van der Waals surface area contributed by atoms with Gasteiger partial charge in [-0.05, 0) is 11.6 Å². The fraction of sp³-hybridized carbons (Fsp3) is 0.0833. The van der Waals surface area contributed by atoms with Crippen LogP contribution in [0, 0.1) is 0 Å². The molecule has 2 N–H and O–H groups in total. The van der Waals surface area contributed by atoms with E-state index in [9.17, 15) is 0 Å². The molecular weight excluding hydrogens is 208 g/mol. The zero-order valence-electron chi connectivity index (χ0n) is 8.26. The van der Waals surface area contributed by atoms with Gasteiger partial charge in [0.2, 0.25) is 0 Å². The number of aromatic nitrogens is 1. The molecule has 0 aliphatic carbocycles. The smallest absolute Gasteiger partial charge is 0.0702 e. The van der Waals surface area contributed by atoms with Crippen LogP contribution in [0.4, 0.5) is 0 Å². The van der Waals surface area contributed by atoms with Gasteiger partial charge >= 0.3 is 0 Å². The Kier molecular flexibility index (Phi) is 4.28. The Morgan fingerprint density at radius 3 is 2.27 bits per heavy atom. The molecule has 2 aromatic rings. The van der Waals surface area contributed by atoms with E-state index in [0.717, 1.165) is 16.8 Å². The molecule has 0 atom stereocenters. The summed E-state index contributed by atoms with van der Waals surface area (Å²) in [5, 5.41) is 0. The molecule has 0 amide bonds. The summed E-state index contributed by atoms with van der Waals surface area (Å²) in [6, 6.07) is 14.1. The van der Waals surface area contributed by atoms with Crippen LogP contribution in [0.15, 0.2) is 48.7 Å². The van der Waals surface area contributed by atoms with Crippen molar-refractivity contribution in [3.8, 4) is 11.3 Å². The number of benzene rings is 1. The van der Waals surface area contributed by atoms with Crippen molar-refractivity contribution in [2.75, 3.05) is 0 Å². The van der Waals surface area contributed by atoms with Gasteiger partial charge < -0.3 is 5.73 Å². The number of nitrogens with zero attached hydrogens (tertiary/aromatic N) is 1. The third kappa shape index (κ3) is 2.78. The molecule has 0 radical (unpaired) electrons. The van der Waals surface area contributed by atoms with Gasteiger partial charge in [-0.1, -0.05) is 36.4 Å². The van der Waals surface area contributed by atoms with Crippen LogP contribution in [-0.4, -0.2) is 4.98 Å². The van der Waals surface area contributed by atoms with Gasteiger partial charge in [-0.3, -0.25) is 4.98 Å². The number of halogens is 1. The second-order valence-corrected chi connectivity index (χ2v) is 3.12. The molecule has 78 valence electrons. The molecule has 0 aliphatic heterocycles. The van der Waals surface area contributed by atoms with Gasteiger partial charge in [-0.25, -0.2) is 0 Å². The molecule has 0 unspecified atom stereocenters. The van der Waals surface area contributed by atoms with E-state index in [-0.39, 0.29) is 12.4 Å². The van der Waals surface area contributed by atoms with Crippen LogP contribution in [-0.2, 0) is 6.54 Å². The minimum Gasteiger partial charge on any atom is -0.326 e. The van der Waals surface area contributed by atoms with E-state index in [4.69, 9.17) is 5.73 Å². The summed E-state index contributed by atoms with van der Waals surface area (Å²) < 4.78 is 0. The van der Waals surface area contributed by atoms with E-state index in [1.165, 1.54) is 0 Å². The van der Waals surface area contributed by atoms with E-state index in [0.29, 0.717) is 6.54 Å². The van der Waals surface area contributed by atoms with Crippen LogP contribution in [0.5, 0.6) is 0 Å². The maximum atomic E-state index is 5.50. The third-order valence-corrected chi connectivity index (χ3v) is 2.13. The van der Waals surface area contributed by atoms with Crippen LogP contribution in [0.25, 0.3) is 11.3 Å². The highest BCUT2D eigenvalue weighted by molar-refractivity contribution is 5.85. The van der Waals surface area contributed by atoms with Gasteiger partial charge in [-0.2, -0.15) is 0 Å². The Morgan fingerprint density at radius 2 is 1.73 bits per heavy atom. The first-order valence-corrected chi connectivity index (χ1v) is 4.60. The van der Waals surface area contributed by atoms with Crippen LogP contribution in [0.2, 0.25) is 0 Å². The fourth-order valence-corrected chi connectivity index (χ4v) is 1.32. The molecule has 0 bridgehead atoms. The predicted molar refractivity (Wildman–Crippen MR) is 64.8 cm³/mol. The van der Waals surface area contributed by atoms with E-state index in [1.807, 2.05) is 48.7 Å². The van der Waals surface area contributed by atoms with E-state index >= 15 is 0 Å². The van der Waals surface area contributed by atoms with Gasteiger partial charge in [0.05, 0.1) is 5.69 Å². The molecule has 2 rings (SSSR count). The molecule has 1 aromatic heterocycles. The van der Waals surface area contributed by atoms with Gasteiger partial charge in [-0.15, -0.1) is 12.4 Å². The lowest BCUT2D eigenvalue weighted by Crippen LogP contribution is -1.96. The molecule has 2 nitrogen and oxygen atoms in total. The molecule has 0 aliphatic rings. The van der Waals surface area contributed by atoms with Crippen LogP contribution >= 0.6 is 12.4 Å². The van der Waals surface area contributed by atoms with Crippen molar-refractivity contribution in [1.82, 2.24) is 4.98 Å². The van der Waals surface area contributed by atoms with Crippen molar-refractivity contribution >= 4 is 12.4 Å². The Bertz CT molecular complexity index is 398. The molecule has 1 heterocycles. The highest BCUT2D eigenvalue weighted by Crippen LogP contribution is 2.15. The number of rotatable bonds is 2. The maximum Gasteiger partial charge on any atom is 0.0702 e. The molecule has 0 spiro atoms. The van der Waals surface area contributed by atoms with Gasteiger partial charge in [0.25, 0.3) is 0 Å². The standard InChI is InChI=1S/C12H12N2.ClH/c13-8-10-6-7-12(14-9-10)11-4-2-1-3-5-11;/h1-7,9H,8,13H2;1H. The van der Waals surface area contributed by atoms with Crippen LogP contribution < -0.4 is 5.73 Å². The Hall–Kier alpha value is -1.38. The summed E-state index contributed by atoms with van der Waals surface area (Å²) in [7, 11) is 0. The van der Waals surface area contributed by atoms with Gasteiger partial charge in [0.15, 0.2) is 0 Å².